The van der Waals surface area contributed by atoms with Crippen LogP contribution in [0.15, 0.2) is 54.6 Å². The standard InChI is InChI=1S/C21H22ClNO6/c1-12(24)23-17-18(25)19-16(11-26-20(29-19)13-7-3-2-4-8-13)28-21(17)27-15-10-6-5-9-14(15)22/h2-10,16-21,25H,11H2,1H3,(H,23,24)/t16-,17+,18+,19+,20+,21-/m1/s1. The topological polar surface area (TPSA) is 86.3 Å². The molecule has 154 valence electrons. The molecule has 0 bridgehead atoms. The highest BCUT2D eigenvalue weighted by Gasteiger charge is 2.50. The van der Waals surface area contributed by atoms with Gasteiger partial charge >= 0.3 is 0 Å². The number of carbonyl (C=O) groups is 1. The monoisotopic (exact) mass is 419 g/mol. The number of nitrogens with one attached hydrogen (secondary N) is 1. The summed E-state index contributed by atoms with van der Waals surface area (Å²) in [5.41, 5.74) is 0.837. The van der Waals surface area contributed by atoms with Gasteiger partial charge in [0, 0.05) is 12.5 Å². The van der Waals surface area contributed by atoms with Gasteiger partial charge < -0.3 is 29.4 Å². The zero-order chi connectivity index (χ0) is 20.4. The summed E-state index contributed by atoms with van der Waals surface area (Å²) in [6.45, 7) is 1.57. The average Bonchev–Trinajstić information content (AvgIpc) is 2.73. The van der Waals surface area contributed by atoms with Crippen molar-refractivity contribution in [2.45, 2.75) is 43.9 Å². The predicted octanol–water partition coefficient (Wildman–Crippen LogP) is 2.42. The second-order valence-corrected chi connectivity index (χ2v) is 7.39. The van der Waals surface area contributed by atoms with E-state index >= 15 is 0 Å². The number of ether oxygens (including phenoxy) is 4. The van der Waals surface area contributed by atoms with Crippen LogP contribution in [0.5, 0.6) is 5.75 Å². The summed E-state index contributed by atoms with van der Waals surface area (Å²) in [5, 5.41) is 14.1. The summed E-state index contributed by atoms with van der Waals surface area (Å²) in [4.78, 5) is 11.7. The van der Waals surface area contributed by atoms with Crippen molar-refractivity contribution in [3.63, 3.8) is 0 Å². The van der Waals surface area contributed by atoms with Crippen molar-refractivity contribution in [2.24, 2.45) is 0 Å². The molecule has 29 heavy (non-hydrogen) atoms. The Morgan fingerprint density at radius 2 is 1.86 bits per heavy atom. The first-order valence-corrected chi connectivity index (χ1v) is 9.74. The molecule has 2 aromatic rings. The van der Waals surface area contributed by atoms with Gasteiger partial charge in [-0.25, -0.2) is 0 Å². The molecule has 0 unspecified atom stereocenters. The van der Waals surface area contributed by atoms with Gasteiger partial charge in [-0.3, -0.25) is 4.79 Å². The van der Waals surface area contributed by atoms with E-state index in [9.17, 15) is 9.90 Å². The third kappa shape index (κ3) is 4.39. The van der Waals surface area contributed by atoms with Crippen LogP contribution in [0, 0.1) is 0 Å². The minimum atomic E-state index is -1.07. The fourth-order valence-corrected chi connectivity index (χ4v) is 3.71. The Bertz CT molecular complexity index is 850. The molecule has 2 fully saturated rings. The maximum Gasteiger partial charge on any atom is 0.223 e. The van der Waals surface area contributed by atoms with Crippen molar-refractivity contribution < 1.29 is 28.8 Å². The molecular formula is C21H22ClNO6. The molecule has 0 spiro atoms. The number of carbonyl (C=O) groups excluding carboxylic acids is 1. The van der Waals surface area contributed by atoms with E-state index in [0.29, 0.717) is 10.8 Å². The summed E-state index contributed by atoms with van der Waals surface area (Å²) in [5.74, 6) is 0.0653. The Balaban J connectivity index is 1.55. The Kier molecular flexibility index (Phi) is 6.03. The van der Waals surface area contributed by atoms with Crippen LogP contribution in [0.2, 0.25) is 5.02 Å². The molecule has 2 aromatic carbocycles. The van der Waals surface area contributed by atoms with Gasteiger partial charge in [0.25, 0.3) is 0 Å². The second kappa shape index (κ2) is 8.69. The van der Waals surface area contributed by atoms with Crippen LogP contribution in [-0.2, 0) is 19.0 Å². The van der Waals surface area contributed by atoms with Crippen LogP contribution < -0.4 is 10.1 Å². The first kappa shape index (κ1) is 20.1. The number of aliphatic hydroxyl groups excluding tert-OH is 1. The van der Waals surface area contributed by atoms with Gasteiger partial charge in [-0.1, -0.05) is 54.1 Å². The van der Waals surface area contributed by atoms with E-state index in [2.05, 4.69) is 5.32 Å². The highest BCUT2D eigenvalue weighted by atomic mass is 35.5. The average molecular weight is 420 g/mol. The quantitative estimate of drug-likeness (QED) is 0.791. The van der Waals surface area contributed by atoms with E-state index in [1.165, 1.54) is 6.92 Å². The number of benzene rings is 2. The first-order chi connectivity index (χ1) is 14.0. The first-order valence-electron chi connectivity index (χ1n) is 9.37. The third-order valence-corrected chi connectivity index (χ3v) is 5.20. The van der Waals surface area contributed by atoms with E-state index in [0.717, 1.165) is 5.56 Å². The van der Waals surface area contributed by atoms with Crippen molar-refractivity contribution in [3.05, 3.63) is 65.2 Å². The Labute approximate surface area is 173 Å². The van der Waals surface area contributed by atoms with Gasteiger partial charge in [0.2, 0.25) is 12.2 Å². The molecule has 2 aliphatic heterocycles. The van der Waals surface area contributed by atoms with E-state index in [1.54, 1.807) is 24.3 Å². The fourth-order valence-electron chi connectivity index (χ4n) is 3.53. The zero-order valence-electron chi connectivity index (χ0n) is 15.7. The lowest BCUT2D eigenvalue weighted by Gasteiger charge is -2.47. The molecule has 0 aromatic heterocycles. The van der Waals surface area contributed by atoms with Gasteiger partial charge in [0.05, 0.1) is 11.6 Å². The van der Waals surface area contributed by atoms with Gasteiger partial charge in [0.1, 0.15) is 30.1 Å². The van der Waals surface area contributed by atoms with Crippen LogP contribution in [0.1, 0.15) is 18.8 Å². The second-order valence-electron chi connectivity index (χ2n) is 6.98. The molecular weight excluding hydrogens is 398 g/mol. The minimum absolute atomic E-state index is 0.205. The number of para-hydroxylation sites is 1. The number of hydrogen-bond acceptors (Lipinski definition) is 6. The lowest BCUT2D eigenvalue weighted by molar-refractivity contribution is -0.333. The van der Waals surface area contributed by atoms with Crippen LogP contribution >= 0.6 is 11.6 Å². The predicted molar refractivity (Wildman–Crippen MR) is 104 cm³/mol. The SMILES string of the molecule is CC(=O)N[C@@H]1[C@H](Oc2ccccc2Cl)O[C@@H]2CO[C@H](c3ccccc3)O[C@@H]2[C@H]1O. The largest absolute Gasteiger partial charge is 0.461 e. The number of amides is 1. The highest BCUT2D eigenvalue weighted by molar-refractivity contribution is 6.32. The third-order valence-electron chi connectivity index (χ3n) is 4.89. The molecule has 0 aliphatic carbocycles. The molecule has 0 saturated carbocycles. The van der Waals surface area contributed by atoms with E-state index in [-0.39, 0.29) is 12.5 Å². The summed E-state index contributed by atoms with van der Waals surface area (Å²) < 4.78 is 23.7. The molecule has 2 aliphatic rings. The summed E-state index contributed by atoms with van der Waals surface area (Å²) in [7, 11) is 0. The number of halogens is 1. The molecule has 8 heteroatoms. The van der Waals surface area contributed by atoms with E-state index in [1.807, 2.05) is 30.3 Å². The number of aliphatic hydroxyl groups is 1. The van der Waals surface area contributed by atoms with Crippen LogP contribution in [0.25, 0.3) is 0 Å². The van der Waals surface area contributed by atoms with Crippen molar-refractivity contribution in [3.8, 4) is 5.75 Å². The Morgan fingerprint density at radius 3 is 2.59 bits per heavy atom. The zero-order valence-corrected chi connectivity index (χ0v) is 16.5. The van der Waals surface area contributed by atoms with Gasteiger partial charge in [-0.15, -0.1) is 0 Å². The van der Waals surface area contributed by atoms with Crippen LogP contribution in [0.3, 0.4) is 0 Å². The van der Waals surface area contributed by atoms with Crippen LogP contribution in [0.4, 0.5) is 0 Å². The molecule has 2 saturated heterocycles. The number of rotatable bonds is 4. The molecule has 1 amide bonds. The van der Waals surface area contributed by atoms with Crippen molar-refractivity contribution >= 4 is 17.5 Å². The van der Waals surface area contributed by atoms with Crippen molar-refractivity contribution in [1.82, 2.24) is 5.32 Å². The number of hydrogen-bond donors (Lipinski definition) is 2. The fraction of sp³-hybridized carbons (Fsp3) is 0.381. The molecule has 0 radical (unpaired) electrons. The van der Waals surface area contributed by atoms with Crippen molar-refractivity contribution in [2.75, 3.05) is 6.61 Å². The van der Waals surface area contributed by atoms with Gasteiger partial charge in [-0.2, -0.15) is 0 Å². The molecule has 7 nitrogen and oxygen atoms in total. The smallest absolute Gasteiger partial charge is 0.223 e. The lowest BCUT2D eigenvalue weighted by atomic mass is 9.95. The molecule has 2 N–H and O–H groups in total. The van der Waals surface area contributed by atoms with E-state index < -0.39 is 36.9 Å². The van der Waals surface area contributed by atoms with Crippen molar-refractivity contribution in [1.29, 1.82) is 0 Å². The van der Waals surface area contributed by atoms with Gasteiger partial charge in [-0.05, 0) is 12.1 Å². The summed E-state index contributed by atoms with van der Waals surface area (Å²) >= 11 is 6.18. The summed E-state index contributed by atoms with van der Waals surface area (Å²) in [6, 6.07) is 15.5. The summed E-state index contributed by atoms with van der Waals surface area (Å²) in [6.07, 6.45) is -3.93. The lowest BCUT2D eigenvalue weighted by Crippen LogP contribution is -2.67. The molecule has 6 atom stereocenters. The molecule has 4 rings (SSSR count). The maximum absolute atomic E-state index is 11.7. The van der Waals surface area contributed by atoms with Gasteiger partial charge in [0.15, 0.2) is 6.29 Å². The maximum atomic E-state index is 11.7. The number of fused-ring (bicyclic) bond motifs is 1. The Morgan fingerprint density at radius 1 is 1.14 bits per heavy atom. The molecule has 2 heterocycles. The Hall–Kier alpha value is -2.16. The van der Waals surface area contributed by atoms with Crippen LogP contribution in [-0.4, -0.2) is 48.3 Å². The normalized spacial score (nSPS) is 31.6. The highest BCUT2D eigenvalue weighted by Crippen LogP contribution is 2.35. The van der Waals surface area contributed by atoms with E-state index in [4.69, 9.17) is 30.5 Å². The minimum Gasteiger partial charge on any atom is -0.461 e.